The average molecular weight is 267 g/mol. The zero-order chi connectivity index (χ0) is 13.8. The highest BCUT2D eigenvalue weighted by molar-refractivity contribution is 5.92. The second kappa shape index (κ2) is 5.75. The van der Waals surface area contributed by atoms with Gasteiger partial charge in [-0.2, -0.15) is 4.39 Å². The monoisotopic (exact) mass is 267 g/mol. The molecular weight excluding hydrogens is 253 g/mol. The Balaban J connectivity index is 2.04. The fraction of sp³-hybridized carbons (Fsp3) is 0.417. The van der Waals surface area contributed by atoms with E-state index < -0.39 is 16.4 Å². The molecule has 1 aromatic carbocycles. The van der Waals surface area contributed by atoms with Crippen molar-refractivity contribution in [2.45, 2.75) is 12.8 Å². The number of nitrogens with one attached hydrogen (secondary N) is 2. The number of carbonyl (C=O) groups excluding carboxylic acids is 1. The molecule has 1 aliphatic heterocycles. The third-order valence-corrected chi connectivity index (χ3v) is 3.12. The van der Waals surface area contributed by atoms with Crippen LogP contribution in [0, 0.1) is 21.8 Å². The number of hydrogen-bond acceptors (Lipinski definition) is 4. The number of nitro benzene ring substituents is 1. The van der Waals surface area contributed by atoms with E-state index in [0.717, 1.165) is 38.1 Å². The molecule has 0 saturated carbocycles. The maximum Gasteiger partial charge on any atom is 0.304 e. The SMILES string of the molecule is O=C(Nc1ccc([N+](=O)[O-])c(F)c1)C1CCNCC1. The van der Waals surface area contributed by atoms with Crippen LogP contribution in [0.15, 0.2) is 18.2 Å². The molecule has 0 unspecified atom stereocenters. The Morgan fingerprint density at radius 3 is 2.68 bits per heavy atom. The summed E-state index contributed by atoms with van der Waals surface area (Å²) in [5, 5.41) is 16.2. The van der Waals surface area contributed by atoms with E-state index in [4.69, 9.17) is 0 Å². The van der Waals surface area contributed by atoms with E-state index in [1.165, 1.54) is 6.07 Å². The Bertz CT molecular complexity index is 501. The predicted octanol–water partition coefficient (Wildman–Crippen LogP) is 1.67. The summed E-state index contributed by atoms with van der Waals surface area (Å²) in [6.07, 6.45) is 1.47. The number of hydrogen-bond donors (Lipinski definition) is 2. The molecule has 1 aromatic rings. The lowest BCUT2D eigenvalue weighted by molar-refractivity contribution is -0.387. The number of amides is 1. The van der Waals surface area contributed by atoms with Gasteiger partial charge in [0, 0.05) is 23.7 Å². The lowest BCUT2D eigenvalue weighted by Crippen LogP contribution is -2.34. The molecule has 19 heavy (non-hydrogen) atoms. The second-order valence-electron chi connectivity index (χ2n) is 4.44. The molecule has 0 bridgehead atoms. The molecular formula is C12H14FN3O3. The van der Waals surface area contributed by atoms with Gasteiger partial charge >= 0.3 is 5.69 Å². The normalized spacial score (nSPS) is 16.1. The number of benzene rings is 1. The van der Waals surface area contributed by atoms with Crippen LogP contribution >= 0.6 is 0 Å². The van der Waals surface area contributed by atoms with Crippen LogP contribution in [0.1, 0.15) is 12.8 Å². The molecule has 7 heteroatoms. The van der Waals surface area contributed by atoms with Gasteiger partial charge in [-0.15, -0.1) is 0 Å². The van der Waals surface area contributed by atoms with Crippen LogP contribution in [0.25, 0.3) is 0 Å². The molecule has 0 radical (unpaired) electrons. The van der Waals surface area contributed by atoms with Crippen molar-refractivity contribution in [3.8, 4) is 0 Å². The number of anilines is 1. The van der Waals surface area contributed by atoms with Crippen LogP contribution in [0.3, 0.4) is 0 Å². The van der Waals surface area contributed by atoms with Gasteiger partial charge in [0.05, 0.1) is 4.92 Å². The van der Waals surface area contributed by atoms with Crippen LogP contribution in [-0.2, 0) is 4.79 Å². The lowest BCUT2D eigenvalue weighted by Gasteiger charge is -2.21. The predicted molar refractivity (Wildman–Crippen MR) is 67.3 cm³/mol. The van der Waals surface area contributed by atoms with Crippen LogP contribution in [-0.4, -0.2) is 23.9 Å². The Morgan fingerprint density at radius 1 is 1.42 bits per heavy atom. The largest absolute Gasteiger partial charge is 0.326 e. The molecule has 2 N–H and O–H groups in total. The van der Waals surface area contributed by atoms with Gasteiger partial charge in [0.1, 0.15) is 0 Å². The first kappa shape index (κ1) is 13.4. The van der Waals surface area contributed by atoms with E-state index in [-0.39, 0.29) is 17.5 Å². The van der Waals surface area contributed by atoms with E-state index >= 15 is 0 Å². The summed E-state index contributed by atoms with van der Waals surface area (Å²) in [5.74, 6) is -1.22. The number of carbonyl (C=O) groups is 1. The minimum atomic E-state index is -0.951. The first-order chi connectivity index (χ1) is 9.08. The number of piperidine rings is 1. The molecule has 1 saturated heterocycles. The standard InChI is InChI=1S/C12H14FN3O3/c13-10-7-9(1-2-11(10)16(18)19)15-12(17)8-3-5-14-6-4-8/h1-2,7-8,14H,3-6H2,(H,15,17). The fourth-order valence-electron chi connectivity index (χ4n) is 2.06. The molecule has 6 nitrogen and oxygen atoms in total. The van der Waals surface area contributed by atoms with Crippen LogP contribution < -0.4 is 10.6 Å². The summed E-state index contributed by atoms with van der Waals surface area (Å²) in [4.78, 5) is 21.6. The molecule has 102 valence electrons. The molecule has 1 amide bonds. The number of nitrogens with zero attached hydrogens (tertiary/aromatic N) is 1. The molecule has 0 atom stereocenters. The average Bonchev–Trinajstić information content (AvgIpc) is 2.39. The van der Waals surface area contributed by atoms with Crippen molar-refractivity contribution in [1.82, 2.24) is 5.32 Å². The van der Waals surface area contributed by atoms with E-state index in [9.17, 15) is 19.3 Å². The minimum absolute atomic E-state index is 0.0977. The van der Waals surface area contributed by atoms with Gasteiger partial charge in [-0.25, -0.2) is 0 Å². The fourth-order valence-corrected chi connectivity index (χ4v) is 2.06. The highest BCUT2D eigenvalue weighted by Crippen LogP contribution is 2.22. The molecule has 1 heterocycles. The minimum Gasteiger partial charge on any atom is -0.326 e. The third-order valence-electron chi connectivity index (χ3n) is 3.12. The molecule has 0 aromatic heterocycles. The quantitative estimate of drug-likeness (QED) is 0.644. The summed E-state index contributed by atoms with van der Waals surface area (Å²) in [5.41, 5.74) is -0.355. The summed E-state index contributed by atoms with van der Waals surface area (Å²) in [7, 11) is 0. The molecule has 0 spiro atoms. The number of halogens is 1. The summed E-state index contributed by atoms with van der Waals surface area (Å²) < 4.78 is 13.4. The van der Waals surface area contributed by atoms with Crippen LogP contribution in [0.4, 0.5) is 15.8 Å². The van der Waals surface area contributed by atoms with Crippen LogP contribution in [0.2, 0.25) is 0 Å². The highest BCUT2D eigenvalue weighted by atomic mass is 19.1. The van der Waals surface area contributed by atoms with Gasteiger partial charge in [0.2, 0.25) is 11.7 Å². The van der Waals surface area contributed by atoms with Crippen LogP contribution in [0.5, 0.6) is 0 Å². The zero-order valence-corrected chi connectivity index (χ0v) is 10.2. The Morgan fingerprint density at radius 2 is 2.11 bits per heavy atom. The molecule has 1 fully saturated rings. The van der Waals surface area contributed by atoms with E-state index in [1.54, 1.807) is 0 Å². The first-order valence-corrected chi connectivity index (χ1v) is 6.03. The van der Waals surface area contributed by atoms with Crippen molar-refractivity contribution >= 4 is 17.3 Å². The topological polar surface area (TPSA) is 84.3 Å². The smallest absolute Gasteiger partial charge is 0.304 e. The number of nitro groups is 1. The summed E-state index contributed by atoms with van der Waals surface area (Å²) in [6, 6.07) is 3.35. The van der Waals surface area contributed by atoms with Crippen molar-refractivity contribution in [1.29, 1.82) is 0 Å². The van der Waals surface area contributed by atoms with Gasteiger partial charge in [-0.1, -0.05) is 0 Å². The van der Waals surface area contributed by atoms with Gasteiger partial charge < -0.3 is 10.6 Å². The lowest BCUT2D eigenvalue weighted by atomic mass is 9.97. The molecule has 1 aliphatic rings. The maximum absolute atomic E-state index is 13.4. The van der Waals surface area contributed by atoms with E-state index in [0.29, 0.717) is 0 Å². The van der Waals surface area contributed by atoms with Crippen molar-refractivity contribution in [3.05, 3.63) is 34.1 Å². The number of rotatable bonds is 3. The van der Waals surface area contributed by atoms with E-state index in [2.05, 4.69) is 10.6 Å². The van der Waals surface area contributed by atoms with Gasteiger partial charge in [0.15, 0.2) is 0 Å². The first-order valence-electron chi connectivity index (χ1n) is 6.03. The van der Waals surface area contributed by atoms with Crippen molar-refractivity contribution in [3.63, 3.8) is 0 Å². The van der Waals surface area contributed by atoms with Crippen molar-refractivity contribution in [2.24, 2.45) is 5.92 Å². The van der Waals surface area contributed by atoms with Gasteiger partial charge in [0.25, 0.3) is 0 Å². The Labute approximate surface area is 109 Å². The van der Waals surface area contributed by atoms with E-state index in [1.807, 2.05) is 0 Å². The zero-order valence-electron chi connectivity index (χ0n) is 10.2. The Hall–Kier alpha value is -2.02. The summed E-state index contributed by atoms with van der Waals surface area (Å²) >= 11 is 0. The summed E-state index contributed by atoms with van der Waals surface area (Å²) in [6.45, 7) is 1.57. The van der Waals surface area contributed by atoms with Gasteiger partial charge in [-0.05, 0) is 32.0 Å². The maximum atomic E-state index is 13.4. The second-order valence-corrected chi connectivity index (χ2v) is 4.44. The molecule has 2 rings (SSSR count). The van der Waals surface area contributed by atoms with Crippen molar-refractivity contribution < 1.29 is 14.1 Å². The third kappa shape index (κ3) is 3.25. The Kier molecular flexibility index (Phi) is 4.06. The highest BCUT2D eigenvalue weighted by Gasteiger charge is 2.21. The molecule has 0 aliphatic carbocycles. The van der Waals surface area contributed by atoms with Gasteiger partial charge in [-0.3, -0.25) is 14.9 Å². The van der Waals surface area contributed by atoms with Crippen molar-refractivity contribution in [2.75, 3.05) is 18.4 Å².